The average Bonchev–Trinajstić information content (AvgIpc) is 2.67. The fourth-order valence-corrected chi connectivity index (χ4v) is 1.09. The van der Waals surface area contributed by atoms with Gasteiger partial charge >= 0.3 is 5.97 Å². The van der Waals surface area contributed by atoms with E-state index in [1.807, 2.05) is 5.48 Å². The molecule has 5 nitrogen and oxygen atoms in total. The molecule has 0 spiro atoms. The molecule has 0 aliphatic rings. The molecule has 5 heteroatoms. The second-order valence-electron chi connectivity index (χ2n) is 2.71. The van der Waals surface area contributed by atoms with Crippen LogP contribution < -0.4 is 5.48 Å². The summed E-state index contributed by atoms with van der Waals surface area (Å²) < 4.78 is 9.78. The Hall–Kier alpha value is -1.33. The molecule has 0 fully saturated rings. The second-order valence-corrected chi connectivity index (χ2v) is 2.71. The fourth-order valence-electron chi connectivity index (χ4n) is 1.09. The molecule has 0 aliphatic heterocycles. The van der Waals surface area contributed by atoms with Crippen LogP contribution in [0.25, 0.3) is 0 Å². The van der Waals surface area contributed by atoms with Crippen molar-refractivity contribution in [1.29, 1.82) is 0 Å². The molecule has 0 saturated heterocycles. The molecule has 0 aromatic carbocycles. The molecule has 0 bridgehead atoms. The smallest absolute Gasteiger partial charge is 0.307 e. The first-order valence-electron chi connectivity index (χ1n) is 4.36. The van der Waals surface area contributed by atoms with Gasteiger partial charge in [-0.15, -0.1) is 0 Å². The number of nitrogens with one attached hydrogen (secondary N) is 1. The van der Waals surface area contributed by atoms with Crippen molar-refractivity contribution in [3.8, 4) is 0 Å². The summed E-state index contributed by atoms with van der Waals surface area (Å²) >= 11 is 0. The van der Waals surface area contributed by atoms with Crippen molar-refractivity contribution < 1.29 is 19.2 Å². The van der Waals surface area contributed by atoms with E-state index in [1.165, 1.54) is 6.26 Å². The van der Waals surface area contributed by atoms with Crippen LogP contribution in [-0.2, 0) is 9.53 Å². The van der Waals surface area contributed by atoms with Gasteiger partial charge in [-0.25, -0.2) is 0 Å². The van der Waals surface area contributed by atoms with Gasteiger partial charge in [0, 0.05) is 0 Å². The molecular formula is C9H13NO4. The van der Waals surface area contributed by atoms with Gasteiger partial charge in [-0.1, -0.05) is 0 Å². The molecule has 1 aromatic heterocycles. The SMILES string of the molecule is CCOC(=O)C[C@H](NO)c1ccco1. The third-order valence-corrected chi connectivity index (χ3v) is 1.72. The maximum Gasteiger partial charge on any atom is 0.307 e. The molecule has 1 aromatic rings. The van der Waals surface area contributed by atoms with Gasteiger partial charge in [-0.3, -0.25) is 4.79 Å². The second kappa shape index (κ2) is 5.41. The van der Waals surface area contributed by atoms with E-state index in [2.05, 4.69) is 0 Å². The van der Waals surface area contributed by atoms with E-state index in [9.17, 15) is 4.79 Å². The lowest BCUT2D eigenvalue weighted by molar-refractivity contribution is -0.144. The lowest BCUT2D eigenvalue weighted by Crippen LogP contribution is -2.21. The largest absolute Gasteiger partial charge is 0.468 e. The van der Waals surface area contributed by atoms with Crippen molar-refractivity contribution in [2.45, 2.75) is 19.4 Å². The van der Waals surface area contributed by atoms with Crippen LogP contribution in [0.1, 0.15) is 25.1 Å². The summed E-state index contributed by atoms with van der Waals surface area (Å²) in [7, 11) is 0. The summed E-state index contributed by atoms with van der Waals surface area (Å²) in [6.45, 7) is 2.06. The normalized spacial score (nSPS) is 12.4. The van der Waals surface area contributed by atoms with Crippen LogP contribution in [-0.4, -0.2) is 17.8 Å². The minimum Gasteiger partial charge on any atom is -0.468 e. The highest BCUT2D eigenvalue weighted by atomic mass is 16.5. The zero-order valence-corrected chi connectivity index (χ0v) is 7.90. The van der Waals surface area contributed by atoms with Crippen molar-refractivity contribution in [3.05, 3.63) is 24.2 Å². The zero-order chi connectivity index (χ0) is 10.4. The first kappa shape index (κ1) is 10.7. The quantitative estimate of drug-likeness (QED) is 0.551. The number of ether oxygens (including phenoxy) is 1. The maximum absolute atomic E-state index is 11.1. The molecule has 1 atom stereocenters. The highest BCUT2D eigenvalue weighted by Crippen LogP contribution is 2.16. The standard InChI is InChI=1S/C9H13NO4/c1-2-13-9(11)6-7(10-12)8-4-3-5-14-8/h3-5,7,10,12H,2,6H2,1H3/t7-/m0/s1. The van der Waals surface area contributed by atoms with Crippen molar-refractivity contribution in [2.24, 2.45) is 0 Å². The summed E-state index contributed by atoms with van der Waals surface area (Å²) in [5.74, 6) is 0.121. The van der Waals surface area contributed by atoms with E-state index >= 15 is 0 Å². The fraction of sp³-hybridized carbons (Fsp3) is 0.444. The Labute approximate surface area is 81.6 Å². The molecule has 0 aliphatic carbocycles. The topological polar surface area (TPSA) is 71.7 Å². The van der Waals surface area contributed by atoms with Crippen LogP contribution >= 0.6 is 0 Å². The third-order valence-electron chi connectivity index (χ3n) is 1.72. The molecule has 0 unspecified atom stereocenters. The van der Waals surface area contributed by atoms with E-state index in [4.69, 9.17) is 14.4 Å². The van der Waals surface area contributed by atoms with Gasteiger partial charge in [0.2, 0.25) is 0 Å². The molecule has 0 saturated carbocycles. The number of furan rings is 1. The van der Waals surface area contributed by atoms with Crippen molar-refractivity contribution in [1.82, 2.24) is 5.48 Å². The van der Waals surface area contributed by atoms with E-state index < -0.39 is 6.04 Å². The summed E-state index contributed by atoms with van der Waals surface area (Å²) in [5.41, 5.74) is 2.00. The van der Waals surface area contributed by atoms with Crippen molar-refractivity contribution in [3.63, 3.8) is 0 Å². The van der Waals surface area contributed by atoms with Crippen molar-refractivity contribution in [2.75, 3.05) is 6.61 Å². The Morgan fingerprint density at radius 1 is 1.79 bits per heavy atom. The molecule has 14 heavy (non-hydrogen) atoms. The van der Waals surface area contributed by atoms with E-state index in [-0.39, 0.29) is 12.4 Å². The highest BCUT2D eigenvalue weighted by Gasteiger charge is 2.17. The Bertz CT molecular complexity index is 270. The monoisotopic (exact) mass is 199 g/mol. The number of hydroxylamine groups is 1. The van der Waals surface area contributed by atoms with Gasteiger partial charge in [0.25, 0.3) is 0 Å². The number of carbonyl (C=O) groups excluding carboxylic acids is 1. The number of hydrogen-bond donors (Lipinski definition) is 2. The van der Waals surface area contributed by atoms with E-state index in [0.717, 1.165) is 0 Å². The summed E-state index contributed by atoms with van der Waals surface area (Å²) in [5, 5.41) is 8.80. The third kappa shape index (κ3) is 2.86. The Morgan fingerprint density at radius 3 is 3.07 bits per heavy atom. The lowest BCUT2D eigenvalue weighted by Gasteiger charge is -2.10. The van der Waals surface area contributed by atoms with Gasteiger partial charge in [0.05, 0.1) is 19.3 Å². The van der Waals surface area contributed by atoms with Crippen LogP contribution in [0.2, 0.25) is 0 Å². The van der Waals surface area contributed by atoms with Crippen LogP contribution in [0.15, 0.2) is 22.8 Å². The molecule has 0 radical (unpaired) electrons. The van der Waals surface area contributed by atoms with Crippen LogP contribution in [0, 0.1) is 0 Å². The molecule has 2 N–H and O–H groups in total. The number of rotatable bonds is 5. The highest BCUT2D eigenvalue weighted by molar-refractivity contribution is 5.70. The first-order chi connectivity index (χ1) is 6.77. The Kier molecular flexibility index (Phi) is 4.15. The molecule has 0 amide bonds. The Balaban J connectivity index is 2.51. The average molecular weight is 199 g/mol. The van der Waals surface area contributed by atoms with Crippen LogP contribution in [0.3, 0.4) is 0 Å². The molecule has 1 rings (SSSR count). The number of hydrogen-bond acceptors (Lipinski definition) is 5. The van der Waals surface area contributed by atoms with Gasteiger partial charge in [0.15, 0.2) is 0 Å². The van der Waals surface area contributed by atoms with E-state index in [0.29, 0.717) is 12.4 Å². The Morgan fingerprint density at radius 2 is 2.57 bits per heavy atom. The lowest BCUT2D eigenvalue weighted by atomic mass is 10.2. The minimum atomic E-state index is -0.552. The molecule has 78 valence electrons. The van der Waals surface area contributed by atoms with Gasteiger partial charge in [-0.05, 0) is 19.1 Å². The summed E-state index contributed by atoms with van der Waals surface area (Å²) in [6, 6.07) is 2.81. The summed E-state index contributed by atoms with van der Waals surface area (Å²) in [4.78, 5) is 11.1. The van der Waals surface area contributed by atoms with Gasteiger partial charge < -0.3 is 14.4 Å². The number of carbonyl (C=O) groups is 1. The predicted octanol–water partition coefficient (Wildman–Crippen LogP) is 1.25. The zero-order valence-electron chi connectivity index (χ0n) is 7.90. The van der Waals surface area contributed by atoms with Crippen molar-refractivity contribution >= 4 is 5.97 Å². The first-order valence-corrected chi connectivity index (χ1v) is 4.36. The van der Waals surface area contributed by atoms with Gasteiger partial charge in [-0.2, -0.15) is 5.48 Å². The minimum absolute atomic E-state index is 0.0395. The molecule has 1 heterocycles. The number of esters is 1. The van der Waals surface area contributed by atoms with Gasteiger partial charge in [0.1, 0.15) is 11.8 Å². The predicted molar refractivity (Wildman–Crippen MR) is 47.6 cm³/mol. The molecular weight excluding hydrogens is 186 g/mol. The maximum atomic E-state index is 11.1. The van der Waals surface area contributed by atoms with Crippen LogP contribution in [0.4, 0.5) is 0 Å². The van der Waals surface area contributed by atoms with Crippen LogP contribution in [0.5, 0.6) is 0 Å². The summed E-state index contributed by atoms with van der Waals surface area (Å²) in [6.07, 6.45) is 1.52. The van der Waals surface area contributed by atoms with E-state index in [1.54, 1.807) is 19.1 Å².